The van der Waals surface area contributed by atoms with Crippen LogP contribution in [0.5, 0.6) is 0 Å². The monoisotopic (exact) mass is 342 g/mol. The molecule has 0 saturated heterocycles. The Balaban J connectivity index is 2.78. The van der Waals surface area contributed by atoms with E-state index in [2.05, 4.69) is 34.7 Å². The number of hydrogen-bond acceptors (Lipinski definition) is 1. The second-order valence-corrected chi connectivity index (χ2v) is 6.23. The van der Waals surface area contributed by atoms with Gasteiger partial charge in [-0.15, -0.1) is 22.9 Å². The molecule has 4 heteroatoms. The second kappa shape index (κ2) is 3.93. The highest BCUT2D eigenvalue weighted by molar-refractivity contribution is 14.1. The molecule has 2 rings (SSSR count). The molecule has 2 aromatic rings. The van der Waals surface area contributed by atoms with E-state index >= 15 is 0 Å². The molecule has 0 fully saturated rings. The van der Waals surface area contributed by atoms with Gasteiger partial charge in [0.1, 0.15) is 0 Å². The van der Waals surface area contributed by atoms with Gasteiger partial charge in [-0.2, -0.15) is 0 Å². The Morgan fingerprint density at radius 3 is 2.85 bits per heavy atom. The Morgan fingerprint density at radius 1 is 1.38 bits per heavy atom. The van der Waals surface area contributed by atoms with Crippen LogP contribution in [0.3, 0.4) is 0 Å². The minimum Gasteiger partial charge on any atom is -0.128 e. The Kier molecular flexibility index (Phi) is 3.03. The lowest BCUT2D eigenvalue weighted by Crippen LogP contribution is -1.78. The molecule has 0 aliphatic heterocycles. The summed E-state index contributed by atoms with van der Waals surface area (Å²) in [6.45, 7) is 0. The van der Waals surface area contributed by atoms with Gasteiger partial charge in [0.2, 0.25) is 0 Å². The summed E-state index contributed by atoms with van der Waals surface area (Å²) in [5, 5.41) is 2.01. The summed E-state index contributed by atoms with van der Waals surface area (Å²) in [4.78, 5) is 0. The molecule has 1 aromatic heterocycles. The Morgan fingerprint density at radius 2 is 2.15 bits per heavy atom. The van der Waals surface area contributed by atoms with Gasteiger partial charge in [0, 0.05) is 5.88 Å². The highest BCUT2D eigenvalue weighted by atomic mass is 127. The number of alkyl halides is 1. The lowest BCUT2D eigenvalue weighted by Gasteiger charge is -1.99. The van der Waals surface area contributed by atoms with Crippen molar-refractivity contribution in [3.63, 3.8) is 0 Å². The van der Waals surface area contributed by atoms with Crippen molar-refractivity contribution in [1.82, 2.24) is 0 Å². The molecule has 0 spiro atoms. The maximum atomic E-state index is 6.18. The molecule has 0 saturated carbocycles. The van der Waals surface area contributed by atoms with E-state index < -0.39 is 0 Å². The summed E-state index contributed by atoms with van der Waals surface area (Å²) in [7, 11) is 0. The van der Waals surface area contributed by atoms with Crippen molar-refractivity contribution in [2.45, 2.75) is 5.88 Å². The number of rotatable bonds is 1. The van der Waals surface area contributed by atoms with E-state index in [4.69, 9.17) is 23.2 Å². The maximum absolute atomic E-state index is 6.18. The third-order valence-electron chi connectivity index (χ3n) is 1.82. The van der Waals surface area contributed by atoms with Crippen molar-refractivity contribution in [1.29, 1.82) is 0 Å². The Labute approximate surface area is 104 Å². The molecule has 0 bridgehead atoms. The third-order valence-corrected chi connectivity index (χ3v) is 4.58. The van der Waals surface area contributed by atoms with E-state index in [9.17, 15) is 0 Å². The van der Waals surface area contributed by atoms with Crippen LogP contribution >= 0.6 is 57.1 Å². The molecule has 0 radical (unpaired) electrons. The van der Waals surface area contributed by atoms with Crippen molar-refractivity contribution in [2.24, 2.45) is 0 Å². The first kappa shape index (κ1) is 10.0. The molecule has 0 atom stereocenters. The fourth-order valence-corrected chi connectivity index (χ4v) is 3.67. The topological polar surface area (TPSA) is 0 Å². The van der Waals surface area contributed by atoms with E-state index in [0.717, 1.165) is 15.3 Å². The van der Waals surface area contributed by atoms with E-state index in [1.54, 1.807) is 11.3 Å². The zero-order valence-electron chi connectivity index (χ0n) is 6.48. The van der Waals surface area contributed by atoms with E-state index in [1.807, 2.05) is 6.07 Å². The van der Waals surface area contributed by atoms with Crippen LogP contribution in [-0.4, -0.2) is 0 Å². The SMILES string of the molecule is ClCc1ccc2cc(I)sc2c1Cl. The first-order valence-electron chi connectivity index (χ1n) is 3.65. The highest BCUT2D eigenvalue weighted by Gasteiger charge is 2.07. The predicted molar refractivity (Wildman–Crippen MR) is 69.1 cm³/mol. The minimum atomic E-state index is 0.475. The average Bonchev–Trinajstić information content (AvgIpc) is 2.47. The normalized spacial score (nSPS) is 11.0. The molecular weight excluding hydrogens is 338 g/mol. The van der Waals surface area contributed by atoms with E-state index in [0.29, 0.717) is 5.88 Å². The molecule has 13 heavy (non-hydrogen) atoms. The van der Waals surface area contributed by atoms with Gasteiger partial charge in [-0.1, -0.05) is 23.7 Å². The van der Waals surface area contributed by atoms with Crippen LogP contribution in [0.2, 0.25) is 5.02 Å². The van der Waals surface area contributed by atoms with Crippen molar-refractivity contribution < 1.29 is 0 Å². The van der Waals surface area contributed by atoms with Gasteiger partial charge in [0.05, 0.1) is 12.6 Å². The zero-order chi connectivity index (χ0) is 9.42. The Bertz CT molecular complexity index is 450. The summed E-state index contributed by atoms with van der Waals surface area (Å²) >= 11 is 15.9. The van der Waals surface area contributed by atoms with Gasteiger partial charge < -0.3 is 0 Å². The van der Waals surface area contributed by atoms with Gasteiger partial charge in [-0.05, 0) is 39.6 Å². The number of fused-ring (bicyclic) bond motifs is 1. The quantitative estimate of drug-likeness (QED) is 0.511. The molecular formula is C9H5Cl2IS. The van der Waals surface area contributed by atoms with Crippen LogP contribution in [0.1, 0.15) is 5.56 Å². The molecule has 0 aliphatic rings. The fourth-order valence-electron chi connectivity index (χ4n) is 1.18. The second-order valence-electron chi connectivity index (χ2n) is 2.64. The van der Waals surface area contributed by atoms with Gasteiger partial charge in [-0.3, -0.25) is 0 Å². The molecule has 0 aliphatic carbocycles. The molecule has 0 nitrogen and oxygen atoms in total. The van der Waals surface area contributed by atoms with Crippen LogP contribution in [0.4, 0.5) is 0 Å². The number of thiophene rings is 1. The summed E-state index contributed by atoms with van der Waals surface area (Å²) in [6, 6.07) is 6.18. The van der Waals surface area contributed by atoms with Crippen LogP contribution < -0.4 is 0 Å². The largest absolute Gasteiger partial charge is 0.128 e. The van der Waals surface area contributed by atoms with Crippen LogP contribution in [0, 0.1) is 2.88 Å². The first-order chi connectivity index (χ1) is 6.22. The fraction of sp³-hybridized carbons (Fsp3) is 0.111. The van der Waals surface area contributed by atoms with Crippen molar-refractivity contribution >= 4 is 67.2 Å². The third kappa shape index (κ3) is 1.82. The van der Waals surface area contributed by atoms with E-state index in [1.165, 1.54) is 8.27 Å². The van der Waals surface area contributed by atoms with Crippen molar-refractivity contribution in [3.05, 3.63) is 31.7 Å². The van der Waals surface area contributed by atoms with Crippen LogP contribution in [0.15, 0.2) is 18.2 Å². The van der Waals surface area contributed by atoms with Crippen molar-refractivity contribution in [2.75, 3.05) is 0 Å². The molecule has 1 heterocycles. The summed E-state index contributed by atoms with van der Waals surface area (Å²) in [6.07, 6.45) is 0. The molecule has 0 unspecified atom stereocenters. The lowest BCUT2D eigenvalue weighted by atomic mass is 10.2. The predicted octanol–water partition coefficient (Wildman–Crippen LogP) is 4.90. The van der Waals surface area contributed by atoms with Crippen molar-refractivity contribution in [3.8, 4) is 0 Å². The molecule has 68 valence electrons. The van der Waals surface area contributed by atoms with Gasteiger partial charge in [0.15, 0.2) is 0 Å². The zero-order valence-corrected chi connectivity index (χ0v) is 11.0. The summed E-state index contributed by atoms with van der Waals surface area (Å²) < 4.78 is 2.39. The van der Waals surface area contributed by atoms with Gasteiger partial charge in [0.25, 0.3) is 0 Å². The molecule has 0 amide bonds. The number of hydrogen-bond donors (Lipinski definition) is 0. The lowest BCUT2D eigenvalue weighted by molar-refractivity contribution is 1.43. The Hall–Kier alpha value is 0.490. The average molecular weight is 343 g/mol. The number of benzene rings is 1. The van der Waals surface area contributed by atoms with Gasteiger partial charge >= 0.3 is 0 Å². The highest BCUT2D eigenvalue weighted by Crippen LogP contribution is 2.35. The van der Waals surface area contributed by atoms with Crippen LogP contribution in [0.25, 0.3) is 10.1 Å². The van der Waals surface area contributed by atoms with Gasteiger partial charge in [-0.25, -0.2) is 0 Å². The van der Waals surface area contributed by atoms with E-state index in [-0.39, 0.29) is 0 Å². The first-order valence-corrected chi connectivity index (χ1v) is 6.45. The smallest absolute Gasteiger partial charge is 0.0666 e. The summed E-state index contributed by atoms with van der Waals surface area (Å²) in [5.74, 6) is 0.475. The minimum absolute atomic E-state index is 0.475. The molecule has 1 aromatic carbocycles. The standard InChI is InChI=1S/C9H5Cl2IS/c10-4-6-2-1-5-3-7(12)13-9(5)8(6)11/h1-3H,4H2. The molecule has 0 N–H and O–H groups in total. The van der Waals surface area contributed by atoms with Crippen LogP contribution in [-0.2, 0) is 5.88 Å². The number of halogens is 3. The summed E-state index contributed by atoms with van der Waals surface area (Å²) in [5.41, 5.74) is 1.01. The maximum Gasteiger partial charge on any atom is 0.0666 e.